The number of fused-ring (bicyclic) bond motifs is 1. The lowest BCUT2D eigenvalue weighted by molar-refractivity contribution is -0.123. The van der Waals surface area contributed by atoms with E-state index < -0.39 is 5.54 Å². The van der Waals surface area contributed by atoms with Crippen LogP contribution in [0.5, 0.6) is 0 Å². The predicted octanol–water partition coefficient (Wildman–Crippen LogP) is 3.22. The van der Waals surface area contributed by atoms with E-state index in [1.807, 2.05) is 13.0 Å². The van der Waals surface area contributed by atoms with Crippen LogP contribution in [-0.2, 0) is 10.3 Å². The van der Waals surface area contributed by atoms with Gasteiger partial charge in [0, 0.05) is 5.02 Å². The summed E-state index contributed by atoms with van der Waals surface area (Å²) in [6, 6.07) is 3.77. The van der Waals surface area contributed by atoms with E-state index in [9.17, 15) is 4.79 Å². The Kier molecular flexibility index (Phi) is 3.62. The van der Waals surface area contributed by atoms with E-state index >= 15 is 0 Å². The van der Waals surface area contributed by atoms with Gasteiger partial charge in [0.2, 0.25) is 0 Å². The fourth-order valence-electron chi connectivity index (χ4n) is 1.95. The highest BCUT2D eigenvalue weighted by molar-refractivity contribution is 7.22. The van der Waals surface area contributed by atoms with Crippen LogP contribution in [-0.4, -0.2) is 25.7 Å². The monoisotopic (exact) mass is 335 g/mol. The average molecular weight is 336 g/mol. The summed E-state index contributed by atoms with van der Waals surface area (Å²) in [6.45, 7) is 5.48. The van der Waals surface area contributed by atoms with E-state index in [1.54, 1.807) is 19.9 Å². The summed E-state index contributed by atoms with van der Waals surface area (Å²) in [5.41, 5.74) is 0.898. The first-order valence-corrected chi connectivity index (χ1v) is 7.80. The Balaban J connectivity index is 1.88. The third-order valence-corrected chi connectivity index (χ3v) is 4.78. The van der Waals surface area contributed by atoms with Crippen molar-refractivity contribution >= 4 is 44.2 Å². The summed E-state index contributed by atoms with van der Waals surface area (Å²) in [7, 11) is 0. The lowest BCUT2D eigenvalue weighted by Gasteiger charge is -2.22. The van der Waals surface area contributed by atoms with Crippen LogP contribution in [0.3, 0.4) is 0 Å². The molecule has 0 aliphatic heterocycles. The van der Waals surface area contributed by atoms with E-state index in [0.717, 1.165) is 15.8 Å². The van der Waals surface area contributed by atoms with Gasteiger partial charge in [-0.1, -0.05) is 22.9 Å². The second-order valence-corrected chi connectivity index (χ2v) is 6.88. The molecule has 3 rings (SSSR count). The standard InChI is InChI=1S/C14H14ClN5OS/c1-8-4-11-10(5-9(8)15)18-13(22-11)19-12(21)14(2,3)20-7-16-6-17-20/h4-7H,1-3H3,(H,18,19,21). The number of rotatable bonds is 3. The molecule has 0 aliphatic rings. The molecule has 2 heterocycles. The van der Waals surface area contributed by atoms with Crippen LogP contribution in [0.25, 0.3) is 10.2 Å². The van der Waals surface area contributed by atoms with Crippen molar-refractivity contribution in [3.05, 3.63) is 35.4 Å². The summed E-state index contributed by atoms with van der Waals surface area (Å²) >= 11 is 7.52. The zero-order valence-corrected chi connectivity index (χ0v) is 13.9. The van der Waals surface area contributed by atoms with E-state index in [0.29, 0.717) is 10.2 Å². The molecule has 0 aliphatic carbocycles. The maximum atomic E-state index is 12.5. The Morgan fingerprint density at radius 2 is 2.18 bits per heavy atom. The molecule has 0 saturated carbocycles. The molecule has 2 aromatic heterocycles. The molecule has 1 aromatic carbocycles. The molecule has 6 nitrogen and oxygen atoms in total. The van der Waals surface area contributed by atoms with Crippen molar-refractivity contribution in [1.82, 2.24) is 19.7 Å². The minimum atomic E-state index is -0.859. The van der Waals surface area contributed by atoms with Crippen molar-refractivity contribution in [2.24, 2.45) is 0 Å². The van der Waals surface area contributed by atoms with Crippen LogP contribution in [0.1, 0.15) is 19.4 Å². The van der Waals surface area contributed by atoms with E-state index in [1.165, 1.54) is 28.7 Å². The largest absolute Gasteiger partial charge is 0.300 e. The van der Waals surface area contributed by atoms with Gasteiger partial charge in [0.25, 0.3) is 5.91 Å². The van der Waals surface area contributed by atoms with Gasteiger partial charge in [-0.2, -0.15) is 5.10 Å². The van der Waals surface area contributed by atoms with Crippen molar-refractivity contribution in [1.29, 1.82) is 0 Å². The summed E-state index contributed by atoms with van der Waals surface area (Å²) in [4.78, 5) is 20.8. The summed E-state index contributed by atoms with van der Waals surface area (Å²) < 4.78 is 2.49. The van der Waals surface area contributed by atoms with Crippen LogP contribution in [0.2, 0.25) is 5.02 Å². The molecule has 0 saturated heterocycles. The molecule has 0 spiro atoms. The normalized spacial score (nSPS) is 11.8. The number of anilines is 1. The predicted molar refractivity (Wildman–Crippen MR) is 87.3 cm³/mol. The lowest BCUT2D eigenvalue weighted by Crippen LogP contribution is -2.40. The zero-order chi connectivity index (χ0) is 15.9. The molecule has 8 heteroatoms. The van der Waals surface area contributed by atoms with Crippen LogP contribution in [0.4, 0.5) is 5.13 Å². The molecule has 0 atom stereocenters. The first-order chi connectivity index (χ1) is 10.4. The molecular formula is C14H14ClN5OS. The fourth-order valence-corrected chi connectivity index (χ4v) is 3.05. The molecule has 0 unspecified atom stereocenters. The van der Waals surface area contributed by atoms with Gasteiger partial charge in [0.05, 0.1) is 10.2 Å². The smallest absolute Gasteiger partial charge is 0.253 e. The third-order valence-electron chi connectivity index (χ3n) is 3.44. The molecular weight excluding hydrogens is 322 g/mol. The maximum absolute atomic E-state index is 12.5. The summed E-state index contributed by atoms with van der Waals surface area (Å²) in [6.07, 6.45) is 2.92. The van der Waals surface area contributed by atoms with Gasteiger partial charge < -0.3 is 0 Å². The first kappa shape index (κ1) is 14.9. The van der Waals surface area contributed by atoms with Crippen LogP contribution in [0.15, 0.2) is 24.8 Å². The minimum absolute atomic E-state index is 0.208. The topological polar surface area (TPSA) is 72.7 Å². The van der Waals surface area contributed by atoms with Crippen molar-refractivity contribution in [2.45, 2.75) is 26.3 Å². The van der Waals surface area contributed by atoms with Gasteiger partial charge >= 0.3 is 0 Å². The number of benzene rings is 1. The second kappa shape index (κ2) is 5.33. The molecule has 3 aromatic rings. The van der Waals surface area contributed by atoms with Gasteiger partial charge in [-0.3, -0.25) is 10.1 Å². The SMILES string of the molecule is Cc1cc2sc(NC(=O)C(C)(C)n3cncn3)nc2cc1Cl. The number of halogens is 1. The number of thiazole rings is 1. The van der Waals surface area contributed by atoms with Crippen LogP contribution in [0, 0.1) is 6.92 Å². The Morgan fingerprint density at radius 1 is 1.41 bits per heavy atom. The Hall–Kier alpha value is -1.99. The zero-order valence-electron chi connectivity index (χ0n) is 12.3. The molecule has 114 valence electrons. The Labute approximate surface area is 136 Å². The lowest BCUT2D eigenvalue weighted by atomic mass is 10.1. The van der Waals surface area contributed by atoms with E-state index in [-0.39, 0.29) is 5.91 Å². The maximum Gasteiger partial charge on any atom is 0.253 e. The number of carbonyl (C=O) groups excluding carboxylic acids is 1. The molecule has 0 bridgehead atoms. The highest BCUT2D eigenvalue weighted by Gasteiger charge is 2.31. The Morgan fingerprint density at radius 3 is 2.86 bits per heavy atom. The van der Waals surface area contributed by atoms with Gasteiger partial charge in [-0.15, -0.1) is 0 Å². The molecule has 0 fully saturated rings. The van der Waals surface area contributed by atoms with Crippen molar-refractivity contribution in [3.8, 4) is 0 Å². The second-order valence-electron chi connectivity index (χ2n) is 5.44. The number of nitrogens with zero attached hydrogens (tertiary/aromatic N) is 4. The average Bonchev–Trinajstić information content (AvgIpc) is 3.08. The van der Waals surface area contributed by atoms with Crippen molar-refractivity contribution in [2.75, 3.05) is 5.32 Å². The number of hydrogen-bond donors (Lipinski definition) is 1. The Bertz CT molecular complexity index is 801. The van der Waals surface area contributed by atoms with Gasteiger partial charge in [0.15, 0.2) is 5.13 Å². The number of nitrogens with one attached hydrogen (secondary N) is 1. The molecule has 22 heavy (non-hydrogen) atoms. The highest BCUT2D eigenvalue weighted by atomic mass is 35.5. The van der Waals surface area contributed by atoms with Crippen LogP contribution < -0.4 is 5.32 Å². The molecule has 1 N–H and O–H groups in total. The van der Waals surface area contributed by atoms with Crippen molar-refractivity contribution < 1.29 is 4.79 Å². The first-order valence-electron chi connectivity index (χ1n) is 6.61. The molecule has 0 radical (unpaired) electrons. The molecule has 1 amide bonds. The van der Waals surface area contributed by atoms with Gasteiger partial charge in [0.1, 0.15) is 18.2 Å². The number of hydrogen-bond acceptors (Lipinski definition) is 5. The van der Waals surface area contributed by atoms with E-state index in [4.69, 9.17) is 11.6 Å². The fraction of sp³-hybridized carbons (Fsp3) is 0.286. The summed E-state index contributed by atoms with van der Waals surface area (Å²) in [5.74, 6) is -0.208. The quantitative estimate of drug-likeness (QED) is 0.797. The number of aryl methyl sites for hydroxylation is 1. The minimum Gasteiger partial charge on any atom is -0.300 e. The van der Waals surface area contributed by atoms with Gasteiger partial charge in [-0.05, 0) is 38.5 Å². The summed E-state index contributed by atoms with van der Waals surface area (Å²) in [5, 5.41) is 8.06. The van der Waals surface area contributed by atoms with Gasteiger partial charge in [-0.25, -0.2) is 14.6 Å². The number of aromatic nitrogens is 4. The number of amides is 1. The van der Waals surface area contributed by atoms with Crippen molar-refractivity contribution in [3.63, 3.8) is 0 Å². The van der Waals surface area contributed by atoms with E-state index in [2.05, 4.69) is 20.4 Å². The number of carbonyl (C=O) groups is 1. The third kappa shape index (κ3) is 2.57. The highest BCUT2D eigenvalue weighted by Crippen LogP contribution is 2.31. The van der Waals surface area contributed by atoms with Crippen LogP contribution >= 0.6 is 22.9 Å².